The summed E-state index contributed by atoms with van der Waals surface area (Å²) >= 11 is 5.88. The third kappa shape index (κ3) is 2.52. The average molecular weight is 292 g/mol. The van der Waals surface area contributed by atoms with Gasteiger partial charge in [-0.2, -0.15) is 0 Å². The van der Waals surface area contributed by atoms with Gasteiger partial charge < -0.3 is 9.88 Å². The Hall–Kier alpha value is -1.55. The van der Waals surface area contributed by atoms with Crippen LogP contribution in [0.1, 0.15) is 24.2 Å². The number of aromatic nitrogens is 2. The molecule has 1 aromatic carbocycles. The number of fused-ring (bicyclic) bond motifs is 1. The zero-order chi connectivity index (χ0) is 14.1. The second-order valence-electron chi connectivity index (χ2n) is 5.37. The third-order valence-electron chi connectivity index (χ3n) is 3.79. The largest absolute Gasteiger partial charge is 0.352 e. The van der Waals surface area contributed by atoms with Gasteiger partial charge in [0, 0.05) is 31.3 Å². The summed E-state index contributed by atoms with van der Waals surface area (Å²) in [6.45, 7) is 2.85. The first-order valence-corrected chi connectivity index (χ1v) is 7.52. The van der Waals surface area contributed by atoms with Gasteiger partial charge in [-0.1, -0.05) is 6.07 Å². The van der Waals surface area contributed by atoms with Crippen LogP contribution in [-0.2, 0) is 17.8 Å². The smallest absolute Gasteiger partial charge is 0.220 e. The first-order chi connectivity index (χ1) is 9.67. The molecule has 1 saturated heterocycles. The standard InChI is InChI=1S/C15H18ClN3O/c1-10-2-4-12-13(8-10)19(14(18-12)6-7-16)9-11-3-5-15(20)17-11/h2,4,8,11H,3,5-7,9H2,1H3,(H,17,20). The highest BCUT2D eigenvalue weighted by molar-refractivity contribution is 6.17. The van der Waals surface area contributed by atoms with Crippen LogP contribution in [0.25, 0.3) is 11.0 Å². The Morgan fingerprint density at radius 2 is 2.35 bits per heavy atom. The van der Waals surface area contributed by atoms with Gasteiger partial charge in [-0.15, -0.1) is 11.6 Å². The SMILES string of the molecule is Cc1ccc2nc(CCCl)n(CC3CCC(=O)N3)c2c1. The molecular weight excluding hydrogens is 274 g/mol. The van der Waals surface area contributed by atoms with Crippen LogP contribution in [0.15, 0.2) is 18.2 Å². The van der Waals surface area contributed by atoms with Gasteiger partial charge in [-0.3, -0.25) is 4.79 Å². The monoisotopic (exact) mass is 291 g/mol. The Morgan fingerprint density at radius 1 is 1.50 bits per heavy atom. The number of nitrogens with zero attached hydrogens (tertiary/aromatic N) is 2. The summed E-state index contributed by atoms with van der Waals surface area (Å²) in [7, 11) is 0. The molecule has 0 radical (unpaired) electrons. The van der Waals surface area contributed by atoms with E-state index in [2.05, 4.69) is 33.9 Å². The summed E-state index contributed by atoms with van der Waals surface area (Å²) in [4.78, 5) is 16.0. The molecule has 0 aliphatic carbocycles. The number of aryl methyl sites for hydroxylation is 2. The molecule has 0 saturated carbocycles. The topological polar surface area (TPSA) is 46.9 Å². The molecule has 3 rings (SSSR count). The van der Waals surface area contributed by atoms with Crippen molar-refractivity contribution in [1.29, 1.82) is 0 Å². The highest BCUT2D eigenvalue weighted by Gasteiger charge is 2.23. The Balaban J connectivity index is 1.99. The van der Waals surface area contributed by atoms with E-state index < -0.39 is 0 Å². The van der Waals surface area contributed by atoms with E-state index in [1.54, 1.807) is 0 Å². The fourth-order valence-electron chi connectivity index (χ4n) is 2.80. The molecule has 4 nitrogen and oxygen atoms in total. The lowest BCUT2D eigenvalue weighted by atomic mass is 10.2. The molecule has 2 heterocycles. The van der Waals surface area contributed by atoms with E-state index in [9.17, 15) is 4.79 Å². The molecule has 20 heavy (non-hydrogen) atoms. The number of alkyl halides is 1. The van der Waals surface area contributed by atoms with Crippen molar-refractivity contribution in [2.45, 2.75) is 38.8 Å². The summed E-state index contributed by atoms with van der Waals surface area (Å²) in [5.41, 5.74) is 3.35. The van der Waals surface area contributed by atoms with E-state index in [0.29, 0.717) is 12.3 Å². The molecule has 0 spiro atoms. The minimum absolute atomic E-state index is 0.148. The molecule has 5 heteroatoms. The number of halogens is 1. The lowest BCUT2D eigenvalue weighted by Gasteiger charge is -2.14. The maximum atomic E-state index is 11.4. The molecule has 1 aliphatic rings. The summed E-state index contributed by atoms with van der Waals surface area (Å²) in [5, 5.41) is 3.02. The summed E-state index contributed by atoms with van der Waals surface area (Å²) < 4.78 is 2.21. The first-order valence-electron chi connectivity index (χ1n) is 6.98. The van der Waals surface area contributed by atoms with Crippen LogP contribution in [0, 0.1) is 6.92 Å². The van der Waals surface area contributed by atoms with E-state index in [1.165, 1.54) is 5.56 Å². The molecule has 1 atom stereocenters. The number of amides is 1. The predicted octanol–water partition coefficient (Wildman–Crippen LogP) is 2.40. The van der Waals surface area contributed by atoms with Gasteiger partial charge in [0.2, 0.25) is 5.91 Å². The molecular formula is C15H18ClN3O. The average Bonchev–Trinajstić information content (AvgIpc) is 2.96. The molecule has 1 amide bonds. The van der Waals surface area contributed by atoms with Crippen LogP contribution in [0.5, 0.6) is 0 Å². The zero-order valence-electron chi connectivity index (χ0n) is 11.5. The highest BCUT2D eigenvalue weighted by atomic mass is 35.5. The van der Waals surface area contributed by atoms with Crippen molar-refractivity contribution in [2.75, 3.05) is 5.88 Å². The minimum atomic E-state index is 0.148. The van der Waals surface area contributed by atoms with Crippen molar-refractivity contribution in [2.24, 2.45) is 0 Å². The zero-order valence-corrected chi connectivity index (χ0v) is 12.3. The lowest BCUT2D eigenvalue weighted by Crippen LogP contribution is -2.30. The van der Waals surface area contributed by atoms with Gasteiger partial charge in [0.1, 0.15) is 5.82 Å². The maximum Gasteiger partial charge on any atom is 0.220 e. The van der Waals surface area contributed by atoms with E-state index >= 15 is 0 Å². The van der Waals surface area contributed by atoms with Gasteiger partial charge in [0.05, 0.1) is 11.0 Å². The van der Waals surface area contributed by atoms with Crippen molar-refractivity contribution in [3.05, 3.63) is 29.6 Å². The van der Waals surface area contributed by atoms with Crippen molar-refractivity contribution in [3.63, 3.8) is 0 Å². The van der Waals surface area contributed by atoms with Crippen molar-refractivity contribution >= 4 is 28.5 Å². The highest BCUT2D eigenvalue weighted by Crippen LogP contribution is 2.21. The van der Waals surface area contributed by atoms with Crippen molar-refractivity contribution in [3.8, 4) is 0 Å². The Labute approximate surface area is 123 Å². The predicted molar refractivity (Wildman–Crippen MR) is 80.1 cm³/mol. The third-order valence-corrected chi connectivity index (χ3v) is 3.98. The molecule has 1 aliphatic heterocycles. The van der Waals surface area contributed by atoms with E-state index in [1.807, 2.05) is 6.07 Å². The van der Waals surface area contributed by atoms with Crippen LogP contribution < -0.4 is 5.32 Å². The second-order valence-corrected chi connectivity index (χ2v) is 5.75. The summed E-state index contributed by atoms with van der Waals surface area (Å²) in [6.07, 6.45) is 2.27. The number of hydrogen-bond donors (Lipinski definition) is 1. The number of carbonyl (C=O) groups excluding carboxylic acids is 1. The molecule has 0 bridgehead atoms. The summed E-state index contributed by atoms with van der Waals surface area (Å²) in [5.74, 6) is 1.70. The second kappa shape index (κ2) is 5.44. The van der Waals surface area contributed by atoms with Gasteiger partial charge in [-0.05, 0) is 31.0 Å². The quantitative estimate of drug-likeness (QED) is 0.879. The van der Waals surface area contributed by atoms with Crippen LogP contribution in [0.4, 0.5) is 0 Å². The van der Waals surface area contributed by atoms with E-state index in [4.69, 9.17) is 11.6 Å². The molecule has 106 valence electrons. The molecule has 2 aromatic rings. The molecule has 1 fully saturated rings. The van der Waals surface area contributed by atoms with Crippen molar-refractivity contribution in [1.82, 2.24) is 14.9 Å². The Bertz CT molecular complexity index is 650. The van der Waals surface area contributed by atoms with Crippen LogP contribution in [0.3, 0.4) is 0 Å². The van der Waals surface area contributed by atoms with Crippen LogP contribution >= 0.6 is 11.6 Å². The van der Waals surface area contributed by atoms with E-state index in [-0.39, 0.29) is 11.9 Å². The number of imidazole rings is 1. The normalized spacial score (nSPS) is 18.7. The van der Waals surface area contributed by atoms with Crippen LogP contribution in [0.2, 0.25) is 0 Å². The summed E-state index contributed by atoms with van der Waals surface area (Å²) in [6, 6.07) is 6.47. The van der Waals surface area contributed by atoms with Gasteiger partial charge in [0.25, 0.3) is 0 Å². The number of carbonyl (C=O) groups is 1. The van der Waals surface area contributed by atoms with Crippen LogP contribution in [-0.4, -0.2) is 27.4 Å². The van der Waals surface area contributed by atoms with Gasteiger partial charge >= 0.3 is 0 Å². The first kappa shape index (κ1) is 13.4. The minimum Gasteiger partial charge on any atom is -0.352 e. The maximum absolute atomic E-state index is 11.4. The molecule has 1 unspecified atom stereocenters. The lowest BCUT2D eigenvalue weighted by molar-refractivity contribution is -0.119. The fraction of sp³-hybridized carbons (Fsp3) is 0.467. The molecule has 1 N–H and O–H groups in total. The number of hydrogen-bond acceptors (Lipinski definition) is 2. The van der Waals surface area contributed by atoms with E-state index in [0.717, 1.165) is 36.2 Å². The number of benzene rings is 1. The van der Waals surface area contributed by atoms with Crippen molar-refractivity contribution < 1.29 is 4.79 Å². The Kier molecular flexibility index (Phi) is 3.66. The van der Waals surface area contributed by atoms with Gasteiger partial charge in [-0.25, -0.2) is 4.98 Å². The Morgan fingerprint density at radius 3 is 3.05 bits per heavy atom. The molecule has 1 aromatic heterocycles. The number of nitrogens with one attached hydrogen (secondary N) is 1. The number of rotatable bonds is 4. The fourth-order valence-corrected chi connectivity index (χ4v) is 2.97. The van der Waals surface area contributed by atoms with Gasteiger partial charge in [0.15, 0.2) is 0 Å².